The van der Waals surface area contributed by atoms with Gasteiger partial charge in [0.1, 0.15) is 17.4 Å². The summed E-state index contributed by atoms with van der Waals surface area (Å²) >= 11 is 5.80. The molecule has 8 heteroatoms. The van der Waals surface area contributed by atoms with Gasteiger partial charge in [0.25, 0.3) is 0 Å². The summed E-state index contributed by atoms with van der Waals surface area (Å²) in [6.45, 7) is 9.56. The summed E-state index contributed by atoms with van der Waals surface area (Å²) in [6.07, 6.45) is 1.93. The zero-order valence-corrected chi connectivity index (χ0v) is 20.3. The summed E-state index contributed by atoms with van der Waals surface area (Å²) in [7, 11) is 0. The van der Waals surface area contributed by atoms with E-state index >= 15 is 0 Å². The fourth-order valence-corrected chi connectivity index (χ4v) is 4.49. The number of nitrogens with zero attached hydrogens (tertiary/aromatic N) is 1. The minimum Gasteiger partial charge on any atom is -0.338 e. The van der Waals surface area contributed by atoms with Gasteiger partial charge in [0.15, 0.2) is 11.6 Å². The molecule has 0 spiro atoms. The second kappa shape index (κ2) is 9.59. The molecular weight excluding hydrogens is 445 g/mol. The average Bonchev–Trinajstić information content (AvgIpc) is 2.94. The van der Waals surface area contributed by atoms with E-state index in [9.17, 15) is 18.8 Å². The van der Waals surface area contributed by atoms with Crippen LogP contribution in [0.3, 0.4) is 0 Å². The molecule has 2 atom stereocenters. The molecule has 2 N–H and O–H groups in total. The number of aromatic nitrogens is 1. The van der Waals surface area contributed by atoms with Crippen molar-refractivity contribution in [2.75, 3.05) is 6.54 Å². The van der Waals surface area contributed by atoms with Crippen LogP contribution in [0.25, 0.3) is 11.3 Å². The van der Waals surface area contributed by atoms with Gasteiger partial charge in [-0.05, 0) is 75.9 Å². The van der Waals surface area contributed by atoms with Crippen LogP contribution < -0.4 is 10.6 Å². The number of rotatable bonds is 5. The number of hydrogen-bond acceptors (Lipinski definition) is 4. The molecule has 176 valence electrons. The van der Waals surface area contributed by atoms with Crippen molar-refractivity contribution in [2.45, 2.75) is 58.9 Å². The van der Waals surface area contributed by atoms with E-state index in [0.29, 0.717) is 24.1 Å². The van der Waals surface area contributed by atoms with Crippen LogP contribution in [-0.2, 0) is 9.59 Å². The third-order valence-corrected chi connectivity index (χ3v) is 5.89. The van der Waals surface area contributed by atoms with E-state index < -0.39 is 17.7 Å². The maximum absolute atomic E-state index is 14.4. The van der Waals surface area contributed by atoms with Crippen molar-refractivity contribution in [1.29, 1.82) is 0 Å². The van der Waals surface area contributed by atoms with E-state index in [-0.39, 0.29) is 40.3 Å². The molecule has 1 aromatic carbocycles. The highest BCUT2D eigenvalue weighted by Gasteiger charge is 2.42. The molecule has 0 saturated heterocycles. The second-order valence-corrected chi connectivity index (χ2v) is 10.1. The van der Waals surface area contributed by atoms with Gasteiger partial charge < -0.3 is 10.6 Å². The van der Waals surface area contributed by atoms with Crippen molar-refractivity contribution >= 4 is 29.2 Å². The molecular formula is C25H29ClFN3O3. The fourth-order valence-electron chi connectivity index (χ4n) is 4.34. The lowest BCUT2D eigenvalue weighted by atomic mass is 9.85. The fraction of sp³-hybridized carbons (Fsp3) is 0.440. The van der Waals surface area contributed by atoms with Crippen LogP contribution >= 0.6 is 11.6 Å². The highest BCUT2D eigenvalue weighted by molar-refractivity contribution is 6.30. The van der Waals surface area contributed by atoms with Gasteiger partial charge in [-0.15, -0.1) is 0 Å². The number of amides is 2. The SMILES string of the molecule is Cc1cc(-c2ncc(Cl)cc2F)cc(C)c1C1C(=O)CC(CCNC(=O)NC(C)(C)C)C1=O. The molecule has 1 aromatic heterocycles. The van der Waals surface area contributed by atoms with Crippen molar-refractivity contribution in [1.82, 2.24) is 15.6 Å². The van der Waals surface area contributed by atoms with Crippen LogP contribution in [-0.4, -0.2) is 34.7 Å². The van der Waals surface area contributed by atoms with Crippen LogP contribution in [0.2, 0.25) is 5.02 Å². The smallest absolute Gasteiger partial charge is 0.315 e. The van der Waals surface area contributed by atoms with Crippen LogP contribution in [0.4, 0.5) is 9.18 Å². The van der Waals surface area contributed by atoms with Gasteiger partial charge in [0.2, 0.25) is 0 Å². The third kappa shape index (κ3) is 5.77. The van der Waals surface area contributed by atoms with Crippen LogP contribution in [0.1, 0.15) is 56.2 Å². The van der Waals surface area contributed by atoms with Gasteiger partial charge >= 0.3 is 6.03 Å². The molecule has 1 fully saturated rings. The van der Waals surface area contributed by atoms with Crippen LogP contribution in [0.5, 0.6) is 0 Å². The Morgan fingerprint density at radius 1 is 1.18 bits per heavy atom. The molecule has 6 nitrogen and oxygen atoms in total. The van der Waals surface area contributed by atoms with E-state index in [1.54, 1.807) is 12.1 Å². The van der Waals surface area contributed by atoms with E-state index in [4.69, 9.17) is 11.6 Å². The minimum absolute atomic E-state index is 0.126. The van der Waals surface area contributed by atoms with Gasteiger partial charge in [-0.1, -0.05) is 11.6 Å². The van der Waals surface area contributed by atoms with E-state index in [0.717, 1.165) is 11.1 Å². The van der Waals surface area contributed by atoms with Crippen molar-refractivity contribution in [3.05, 3.63) is 51.9 Å². The molecule has 3 rings (SSSR count). The molecule has 2 aromatic rings. The second-order valence-electron chi connectivity index (χ2n) is 9.63. The largest absolute Gasteiger partial charge is 0.338 e. The van der Waals surface area contributed by atoms with E-state index in [1.807, 2.05) is 34.6 Å². The Bertz CT molecular complexity index is 1090. The number of aryl methyl sites for hydroxylation is 2. The highest BCUT2D eigenvalue weighted by Crippen LogP contribution is 2.38. The monoisotopic (exact) mass is 473 g/mol. The predicted octanol–water partition coefficient (Wildman–Crippen LogP) is 4.89. The predicted molar refractivity (Wildman–Crippen MR) is 126 cm³/mol. The lowest BCUT2D eigenvalue weighted by molar-refractivity contribution is -0.124. The van der Waals surface area contributed by atoms with Gasteiger partial charge in [-0.3, -0.25) is 14.6 Å². The molecule has 2 amide bonds. The Hall–Kier alpha value is -2.80. The van der Waals surface area contributed by atoms with Gasteiger partial charge in [0, 0.05) is 36.2 Å². The number of halogens is 2. The Kier molecular flexibility index (Phi) is 7.22. The van der Waals surface area contributed by atoms with Gasteiger partial charge in [0.05, 0.1) is 5.02 Å². The summed E-state index contributed by atoms with van der Waals surface area (Å²) in [5.41, 5.74) is 2.50. The van der Waals surface area contributed by atoms with Gasteiger partial charge in [-0.25, -0.2) is 9.18 Å². The molecule has 1 saturated carbocycles. The first kappa shape index (κ1) is 24.8. The summed E-state index contributed by atoms with van der Waals surface area (Å²) in [5, 5.41) is 5.76. The summed E-state index contributed by atoms with van der Waals surface area (Å²) in [4.78, 5) is 42.0. The zero-order valence-electron chi connectivity index (χ0n) is 19.5. The first-order valence-electron chi connectivity index (χ1n) is 10.9. The minimum atomic E-state index is -0.838. The lowest BCUT2D eigenvalue weighted by Gasteiger charge is -2.21. The van der Waals surface area contributed by atoms with Crippen molar-refractivity contribution in [3.63, 3.8) is 0 Å². The number of benzene rings is 1. The standard InChI is InChI=1S/C25H29ClFN3O3/c1-13-8-16(22-18(27)11-17(26)12-29-22)9-14(2)20(13)21-19(31)10-15(23(21)32)6-7-28-24(33)30-25(3,4)5/h8-9,11-12,15,21H,6-7,10H2,1-5H3,(H2,28,30,33). The van der Waals surface area contributed by atoms with Crippen LogP contribution in [0, 0.1) is 25.6 Å². The van der Waals surface area contributed by atoms with E-state index in [2.05, 4.69) is 15.6 Å². The highest BCUT2D eigenvalue weighted by atomic mass is 35.5. The molecule has 1 heterocycles. The zero-order chi connectivity index (χ0) is 24.5. The summed E-state index contributed by atoms with van der Waals surface area (Å²) in [6, 6.07) is 4.38. The summed E-state index contributed by atoms with van der Waals surface area (Å²) in [5.74, 6) is -2.07. The number of hydrogen-bond donors (Lipinski definition) is 2. The molecule has 1 aliphatic carbocycles. The topological polar surface area (TPSA) is 88.2 Å². The molecule has 2 unspecified atom stereocenters. The molecule has 33 heavy (non-hydrogen) atoms. The molecule has 0 radical (unpaired) electrons. The molecule has 1 aliphatic rings. The molecule has 0 bridgehead atoms. The maximum atomic E-state index is 14.4. The number of carbonyl (C=O) groups is 3. The first-order chi connectivity index (χ1) is 15.4. The third-order valence-electron chi connectivity index (χ3n) is 5.69. The maximum Gasteiger partial charge on any atom is 0.315 e. The number of ketones is 2. The summed E-state index contributed by atoms with van der Waals surface area (Å²) < 4.78 is 14.4. The Labute approximate surface area is 198 Å². The first-order valence-corrected chi connectivity index (χ1v) is 11.3. The number of Topliss-reactive ketones (excluding diaryl/α,β-unsaturated/α-hetero) is 2. The van der Waals surface area contributed by atoms with E-state index in [1.165, 1.54) is 12.3 Å². The average molecular weight is 474 g/mol. The Morgan fingerprint density at radius 2 is 1.82 bits per heavy atom. The quantitative estimate of drug-likeness (QED) is 0.605. The lowest BCUT2D eigenvalue weighted by Crippen LogP contribution is -2.46. The number of pyridine rings is 1. The van der Waals surface area contributed by atoms with Crippen molar-refractivity contribution in [3.8, 4) is 11.3 Å². The Morgan fingerprint density at radius 3 is 2.39 bits per heavy atom. The Balaban J connectivity index is 1.76. The number of urea groups is 1. The van der Waals surface area contributed by atoms with Crippen molar-refractivity contribution in [2.24, 2.45) is 5.92 Å². The number of carbonyl (C=O) groups excluding carboxylic acids is 3. The van der Waals surface area contributed by atoms with Crippen molar-refractivity contribution < 1.29 is 18.8 Å². The normalized spacial score (nSPS) is 18.5. The van der Waals surface area contributed by atoms with Crippen LogP contribution in [0.15, 0.2) is 24.4 Å². The van der Waals surface area contributed by atoms with Gasteiger partial charge in [-0.2, -0.15) is 0 Å². The molecule has 0 aliphatic heterocycles. The number of nitrogens with one attached hydrogen (secondary N) is 2.